The zero-order valence-electron chi connectivity index (χ0n) is 9.42. The van der Waals surface area contributed by atoms with E-state index in [9.17, 15) is 4.79 Å². The van der Waals surface area contributed by atoms with Crippen LogP contribution in [0, 0.1) is 17.3 Å². The number of likely N-dealkylation sites (tertiary alicyclic amines) is 1. The molecule has 0 N–H and O–H groups in total. The van der Waals surface area contributed by atoms with E-state index in [4.69, 9.17) is 0 Å². The molecule has 0 aliphatic carbocycles. The van der Waals surface area contributed by atoms with Crippen LogP contribution in [0.3, 0.4) is 0 Å². The summed E-state index contributed by atoms with van der Waals surface area (Å²) >= 11 is 0. The predicted octanol–water partition coefficient (Wildman–Crippen LogP) is 2.15. The van der Waals surface area contributed by atoms with Gasteiger partial charge < -0.3 is 4.90 Å². The summed E-state index contributed by atoms with van der Waals surface area (Å²) in [5, 5.41) is 0. The largest absolute Gasteiger partial charge is 0.342 e. The van der Waals surface area contributed by atoms with Crippen LogP contribution in [0.15, 0.2) is 0 Å². The van der Waals surface area contributed by atoms with Crippen LogP contribution in [0.2, 0.25) is 0 Å². The van der Waals surface area contributed by atoms with Crippen LogP contribution in [0.1, 0.15) is 34.6 Å². The number of hydrogen-bond acceptors (Lipinski definition) is 1. The summed E-state index contributed by atoms with van der Waals surface area (Å²) in [6.07, 6.45) is 0. The zero-order chi connectivity index (χ0) is 10.2. The number of rotatable bonds is 0. The fourth-order valence-corrected chi connectivity index (χ4v) is 2.35. The van der Waals surface area contributed by atoms with Crippen molar-refractivity contribution in [3.05, 3.63) is 0 Å². The average Bonchev–Trinajstić information content (AvgIpc) is 2.29. The van der Waals surface area contributed by atoms with Gasteiger partial charge in [-0.3, -0.25) is 4.79 Å². The molecule has 1 saturated heterocycles. The Labute approximate surface area is 81.3 Å². The number of amides is 1. The lowest BCUT2D eigenvalue weighted by Gasteiger charge is -2.29. The van der Waals surface area contributed by atoms with Gasteiger partial charge in [0.25, 0.3) is 0 Å². The second kappa shape index (κ2) is 3.32. The average molecular weight is 183 g/mol. The van der Waals surface area contributed by atoms with Crippen molar-refractivity contribution in [3.8, 4) is 0 Å². The van der Waals surface area contributed by atoms with E-state index in [2.05, 4.69) is 27.7 Å². The molecule has 13 heavy (non-hydrogen) atoms. The molecule has 1 amide bonds. The van der Waals surface area contributed by atoms with Gasteiger partial charge in [0.1, 0.15) is 0 Å². The van der Waals surface area contributed by atoms with Crippen LogP contribution >= 0.6 is 0 Å². The lowest BCUT2D eigenvalue weighted by molar-refractivity contribution is -0.128. The molecule has 0 aromatic carbocycles. The molecule has 1 fully saturated rings. The molecule has 0 radical (unpaired) electrons. The Kier molecular flexibility index (Phi) is 2.69. The maximum Gasteiger partial charge on any atom is 0.219 e. The Balaban J connectivity index is 2.67. The van der Waals surface area contributed by atoms with Crippen molar-refractivity contribution < 1.29 is 4.79 Å². The summed E-state index contributed by atoms with van der Waals surface area (Å²) < 4.78 is 0. The summed E-state index contributed by atoms with van der Waals surface area (Å²) in [5.41, 5.74) is 0.323. The molecular formula is C11H21NO. The van der Waals surface area contributed by atoms with Gasteiger partial charge in [0, 0.05) is 20.0 Å². The molecule has 0 bridgehead atoms. The first-order valence-corrected chi connectivity index (χ1v) is 5.08. The van der Waals surface area contributed by atoms with Crippen molar-refractivity contribution in [2.45, 2.75) is 34.6 Å². The van der Waals surface area contributed by atoms with E-state index in [1.54, 1.807) is 6.92 Å². The normalized spacial score (nSPS) is 29.5. The predicted molar refractivity (Wildman–Crippen MR) is 54.4 cm³/mol. The van der Waals surface area contributed by atoms with Gasteiger partial charge in [0.2, 0.25) is 5.91 Å². The minimum atomic E-state index is 0.221. The van der Waals surface area contributed by atoms with Gasteiger partial charge in [0.05, 0.1) is 0 Å². The van der Waals surface area contributed by atoms with E-state index in [-0.39, 0.29) is 5.91 Å². The second-order valence-corrected chi connectivity index (χ2v) is 5.37. The van der Waals surface area contributed by atoms with Crippen molar-refractivity contribution >= 4 is 5.91 Å². The monoisotopic (exact) mass is 183 g/mol. The van der Waals surface area contributed by atoms with Gasteiger partial charge >= 0.3 is 0 Å². The Morgan fingerprint density at radius 3 is 2.08 bits per heavy atom. The van der Waals surface area contributed by atoms with E-state index in [0.717, 1.165) is 13.1 Å². The molecule has 0 aromatic rings. The smallest absolute Gasteiger partial charge is 0.219 e. The number of hydrogen-bond donors (Lipinski definition) is 0. The molecule has 76 valence electrons. The van der Waals surface area contributed by atoms with Crippen molar-refractivity contribution in [1.29, 1.82) is 0 Å². The summed E-state index contributed by atoms with van der Waals surface area (Å²) in [7, 11) is 0. The molecule has 1 rings (SSSR count). The Bertz CT molecular complexity index is 205. The van der Waals surface area contributed by atoms with Crippen LogP contribution in [-0.4, -0.2) is 23.9 Å². The van der Waals surface area contributed by atoms with Gasteiger partial charge in [-0.05, 0) is 17.3 Å². The second-order valence-electron chi connectivity index (χ2n) is 5.37. The lowest BCUT2D eigenvalue weighted by atomic mass is 9.76. The zero-order valence-corrected chi connectivity index (χ0v) is 9.42. The third-order valence-electron chi connectivity index (χ3n) is 3.17. The highest BCUT2D eigenvalue weighted by atomic mass is 16.2. The van der Waals surface area contributed by atoms with E-state index in [0.29, 0.717) is 17.3 Å². The summed E-state index contributed by atoms with van der Waals surface area (Å²) in [4.78, 5) is 13.2. The minimum absolute atomic E-state index is 0.221. The molecule has 0 saturated carbocycles. The standard InChI is InChI=1S/C11H21NO/c1-8-6-12(9(2)13)7-10(8)11(3,4)5/h8,10H,6-7H2,1-5H3. The fraction of sp³-hybridized carbons (Fsp3) is 0.909. The Hall–Kier alpha value is -0.530. The highest BCUT2D eigenvalue weighted by Gasteiger charge is 2.37. The van der Waals surface area contributed by atoms with Gasteiger partial charge in [0.15, 0.2) is 0 Å². The van der Waals surface area contributed by atoms with Gasteiger partial charge in [-0.1, -0.05) is 27.7 Å². The molecule has 2 atom stereocenters. The highest BCUT2D eigenvalue weighted by Crippen LogP contribution is 2.37. The SMILES string of the molecule is CC(=O)N1CC(C)C(C(C)(C)C)C1. The molecule has 1 aliphatic rings. The topological polar surface area (TPSA) is 20.3 Å². The van der Waals surface area contributed by atoms with Gasteiger partial charge in [-0.25, -0.2) is 0 Å². The molecule has 1 heterocycles. The maximum absolute atomic E-state index is 11.2. The minimum Gasteiger partial charge on any atom is -0.342 e. The van der Waals surface area contributed by atoms with Crippen LogP contribution in [-0.2, 0) is 4.79 Å². The third-order valence-corrected chi connectivity index (χ3v) is 3.17. The summed E-state index contributed by atoms with van der Waals surface area (Å²) in [6, 6.07) is 0. The maximum atomic E-state index is 11.2. The molecule has 1 aliphatic heterocycles. The third kappa shape index (κ3) is 2.23. The van der Waals surface area contributed by atoms with E-state index in [1.807, 2.05) is 4.90 Å². The molecule has 0 aromatic heterocycles. The van der Waals surface area contributed by atoms with Crippen LogP contribution in [0.5, 0.6) is 0 Å². The first-order chi connectivity index (χ1) is 5.82. The number of carbonyl (C=O) groups excluding carboxylic acids is 1. The van der Waals surface area contributed by atoms with E-state index in [1.165, 1.54) is 0 Å². The number of nitrogens with zero attached hydrogens (tertiary/aromatic N) is 1. The summed E-state index contributed by atoms with van der Waals surface area (Å²) in [5.74, 6) is 1.51. The molecule has 2 heteroatoms. The molecular weight excluding hydrogens is 162 g/mol. The van der Waals surface area contributed by atoms with Crippen LogP contribution < -0.4 is 0 Å². The van der Waals surface area contributed by atoms with Gasteiger partial charge in [-0.2, -0.15) is 0 Å². The Morgan fingerprint density at radius 2 is 1.85 bits per heavy atom. The van der Waals surface area contributed by atoms with E-state index < -0.39 is 0 Å². The molecule has 2 unspecified atom stereocenters. The van der Waals surface area contributed by atoms with Crippen LogP contribution in [0.4, 0.5) is 0 Å². The van der Waals surface area contributed by atoms with Gasteiger partial charge in [-0.15, -0.1) is 0 Å². The summed E-state index contributed by atoms with van der Waals surface area (Å²) in [6.45, 7) is 12.6. The quantitative estimate of drug-likeness (QED) is 0.563. The van der Waals surface area contributed by atoms with Crippen molar-refractivity contribution in [1.82, 2.24) is 4.90 Å². The van der Waals surface area contributed by atoms with Crippen molar-refractivity contribution in [2.24, 2.45) is 17.3 Å². The molecule has 0 spiro atoms. The van der Waals surface area contributed by atoms with Crippen molar-refractivity contribution in [2.75, 3.05) is 13.1 Å². The Morgan fingerprint density at radius 1 is 1.31 bits per heavy atom. The number of carbonyl (C=O) groups is 1. The van der Waals surface area contributed by atoms with Crippen molar-refractivity contribution in [3.63, 3.8) is 0 Å². The first-order valence-electron chi connectivity index (χ1n) is 5.08. The highest BCUT2D eigenvalue weighted by molar-refractivity contribution is 5.73. The lowest BCUT2D eigenvalue weighted by Crippen LogP contribution is -2.29. The van der Waals surface area contributed by atoms with Crippen LogP contribution in [0.25, 0.3) is 0 Å². The molecule has 2 nitrogen and oxygen atoms in total. The van der Waals surface area contributed by atoms with E-state index >= 15 is 0 Å². The first kappa shape index (κ1) is 10.6. The fourth-order valence-electron chi connectivity index (χ4n) is 2.35.